The second-order valence-corrected chi connectivity index (χ2v) is 5.03. The van der Waals surface area contributed by atoms with E-state index in [4.69, 9.17) is 9.84 Å². The molecule has 0 aliphatic heterocycles. The van der Waals surface area contributed by atoms with E-state index in [2.05, 4.69) is 11.8 Å². The fourth-order valence-electron chi connectivity index (χ4n) is 1.86. The number of aliphatic hydroxyl groups is 1. The molecule has 1 aromatic carbocycles. The maximum Gasteiger partial charge on any atom is 0.253 e. The molecule has 4 nitrogen and oxygen atoms in total. The molecule has 1 amide bonds. The molecule has 0 aliphatic rings. The monoisotopic (exact) mass is 289 g/mol. The minimum absolute atomic E-state index is 0.00715. The summed E-state index contributed by atoms with van der Waals surface area (Å²) in [4.78, 5) is 14.1. The average Bonchev–Trinajstić information content (AvgIpc) is 2.48. The van der Waals surface area contributed by atoms with Crippen molar-refractivity contribution in [1.82, 2.24) is 4.90 Å². The summed E-state index contributed by atoms with van der Waals surface area (Å²) >= 11 is 0. The Balaban J connectivity index is 2.96. The number of hydrogen-bond donors (Lipinski definition) is 1. The molecule has 0 aromatic heterocycles. The highest BCUT2D eigenvalue weighted by molar-refractivity contribution is 5.94. The van der Waals surface area contributed by atoms with Gasteiger partial charge >= 0.3 is 0 Å². The summed E-state index contributed by atoms with van der Waals surface area (Å²) in [6, 6.07) is 5.52. The number of nitrogens with zero attached hydrogens (tertiary/aromatic N) is 1. The second kappa shape index (κ2) is 8.46. The topological polar surface area (TPSA) is 49.8 Å². The van der Waals surface area contributed by atoms with Crippen LogP contribution < -0.4 is 0 Å². The molecule has 1 atom stereocenters. The van der Waals surface area contributed by atoms with Gasteiger partial charge in [0.1, 0.15) is 0 Å². The Bertz CT molecular complexity index is 543. The zero-order valence-electron chi connectivity index (χ0n) is 13.1. The van der Waals surface area contributed by atoms with E-state index in [0.717, 1.165) is 11.1 Å². The number of methoxy groups -OCH3 is 1. The van der Waals surface area contributed by atoms with E-state index in [1.54, 1.807) is 25.1 Å². The lowest BCUT2D eigenvalue weighted by atomic mass is 10.0. The van der Waals surface area contributed by atoms with Crippen LogP contribution in [0.15, 0.2) is 18.2 Å². The van der Waals surface area contributed by atoms with E-state index >= 15 is 0 Å². The van der Waals surface area contributed by atoms with Crippen LogP contribution in [0.3, 0.4) is 0 Å². The number of rotatable bonds is 5. The third-order valence-corrected chi connectivity index (χ3v) is 3.33. The van der Waals surface area contributed by atoms with Crippen LogP contribution in [0.5, 0.6) is 0 Å². The molecule has 0 bridgehead atoms. The van der Waals surface area contributed by atoms with Crippen LogP contribution in [0.4, 0.5) is 0 Å². The van der Waals surface area contributed by atoms with Gasteiger partial charge in [0.2, 0.25) is 0 Å². The molecule has 1 N–H and O–H groups in total. The summed E-state index contributed by atoms with van der Waals surface area (Å²) in [6.45, 7) is 4.44. The zero-order chi connectivity index (χ0) is 15.8. The number of carbonyl (C=O) groups is 1. The predicted molar refractivity (Wildman–Crippen MR) is 83.2 cm³/mol. The van der Waals surface area contributed by atoms with Crippen molar-refractivity contribution in [1.29, 1.82) is 0 Å². The van der Waals surface area contributed by atoms with Crippen LogP contribution in [0.2, 0.25) is 0 Å². The molecular weight excluding hydrogens is 266 g/mol. The number of benzene rings is 1. The smallest absolute Gasteiger partial charge is 0.253 e. The van der Waals surface area contributed by atoms with E-state index in [0.29, 0.717) is 18.6 Å². The van der Waals surface area contributed by atoms with Gasteiger partial charge < -0.3 is 14.7 Å². The summed E-state index contributed by atoms with van der Waals surface area (Å²) in [7, 11) is 3.39. The van der Waals surface area contributed by atoms with Crippen LogP contribution in [0.1, 0.15) is 34.8 Å². The van der Waals surface area contributed by atoms with Gasteiger partial charge in [0.15, 0.2) is 0 Å². The van der Waals surface area contributed by atoms with Gasteiger partial charge in [0, 0.05) is 31.7 Å². The van der Waals surface area contributed by atoms with Crippen molar-refractivity contribution in [3.8, 4) is 11.8 Å². The molecule has 0 saturated heterocycles. The largest absolute Gasteiger partial charge is 0.395 e. The molecule has 0 spiro atoms. The summed E-state index contributed by atoms with van der Waals surface area (Å²) < 4.78 is 5.08. The number of ether oxygens (including phenoxy) is 1. The Hall–Kier alpha value is -1.83. The lowest BCUT2D eigenvalue weighted by Gasteiger charge is -2.24. The van der Waals surface area contributed by atoms with Crippen LogP contribution in [-0.2, 0) is 4.74 Å². The SMILES string of the molecule is COCC(C)N(C)C(=O)c1ccc(C)c(C#CCCO)c1. The van der Waals surface area contributed by atoms with Gasteiger partial charge in [-0.3, -0.25) is 4.79 Å². The molecule has 0 radical (unpaired) electrons. The van der Waals surface area contributed by atoms with Crippen molar-refractivity contribution in [2.45, 2.75) is 26.3 Å². The van der Waals surface area contributed by atoms with E-state index in [-0.39, 0.29) is 18.6 Å². The van der Waals surface area contributed by atoms with Crippen molar-refractivity contribution in [3.05, 3.63) is 34.9 Å². The van der Waals surface area contributed by atoms with E-state index in [1.165, 1.54) is 0 Å². The molecule has 1 unspecified atom stereocenters. The highest BCUT2D eigenvalue weighted by Crippen LogP contribution is 2.13. The van der Waals surface area contributed by atoms with E-state index in [9.17, 15) is 4.79 Å². The second-order valence-electron chi connectivity index (χ2n) is 5.03. The van der Waals surface area contributed by atoms with Crippen LogP contribution in [0.25, 0.3) is 0 Å². The first kappa shape index (κ1) is 17.2. The van der Waals surface area contributed by atoms with E-state index < -0.39 is 0 Å². The van der Waals surface area contributed by atoms with Crippen LogP contribution in [-0.4, -0.2) is 49.3 Å². The lowest BCUT2D eigenvalue weighted by molar-refractivity contribution is 0.0633. The van der Waals surface area contributed by atoms with Crippen molar-refractivity contribution < 1.29 is 14.6 Å². The minimum atomic E-state index is -0.0511. The molecule has 0 fully saturated rings. The maximum atomic E-state index is 12.4. The third-order valence-electron chi connectivity index (χ3n) is 3.33. The Morgan fingerprint density at radius 3 is 2.81 bits per heavy atom. The van der Waals surface area contributed by atoms with Gasteiger partial charge in [-0.1, -0.05) is 17.9 Å². The van der Waals surface area contributed by atoms with Gasteiger partial charge in [-0.15, -0.1) is 0 Å². The van der Waals surface area contributed by atoms with Crippen LogP contribution in [0, 0.1) is 18.8 Å². The standard InChI is InChI=1S/C17H23NO3/c1-13-8-9-16(11-15(13)7-5-6-10-19)17(20)18(3)14(2)12-21-4/h8-9,11,14,19H,6,10,12H2,1-4H3. The van der Waals surface area contributed by atoms with Gasteiger partial charge in [0.25, 0.3) is 5.91 Å². The van der Waals surface area contributed by atoms with Crippen molar-refractivity contribution in [3.63, 3.8) is 0 Å². The number of aliphatic hydroxyl groups excluding tert-OH is 1. The first-order valence-electron chi connectivity index (χ1n) is 6.97. The summed E-state index contributed by atoms with van der Waals surface area (Å²) in [6.07, 6.45) is 0.433. The fraction of sp³-hybridized carbons (Fsp3) is 0.471. The molecule has 0 aliphatic carbocycles. The number of amides is 1. The van der Waals surface area contributed by atoms with Gasteiger partial charge in [0.05, 0.1) is 19.3 Å². The van der Waals surface area contributed by atoms with E-state index in [1.807, 2.05) is 26.0 Å². The Morgan fingerprint density at radius 1 is 1.48 bits per heavy atom. The highest BCUT2D eigenvalue weighted by Gasteiger charge is 2.17. The molecule has 21 heavy (non-hydrogen) atoms. The molecule has 1 aromatic rings. The number of aryl methyl sites for hydroxylation is 1. The lowest BCUT2D eigenvalue weighted by Crippen LogP contribution is -2.37. The summed E-state index contributed by atoms with van der Waals surface area (Å²) in [5, 5.41) is 8.77. The summed E-state index contributed by atoms with van der Waals surface area (Å²) in [5.74, 6) is 5.83. The summed E-state index contributed by atoms with van der Waals surface area (Å²) in [5.41, 5.74) is 2.45. The van der Waals surface area contributed by atoms with Crippen molar-refractivity contribution in [2.75, 3.05) is 27.4 Å². The first-order valence-corrected chi connectivity index (χ1v) is 6.97. The molecule has 4 heteroatoms. The fourth-order valence-corrected chi connectivity index (χ4v) is 1.86. The Kier molecular flexibility index (Phi) is 6.93. The number of likely N-dealkylation sites (N-methyl/N-ethyl adjacent to an activating group) is 1. The molecule has 1 rings (SSSR count). The van der Waals surface area contributed by atoms with Crippen LogP contribution >= 0.6 is 0 Å². The van der Waals surface area contributed by atoms with Gasteiger partial charge in [-0.05, 0) is 31.5 Å². The van der Waals surface area contributed by atoms with Crippen molar-refractivity contribution in [2.24, 2.45) is 0 Å². The maximum absolute atomic E-state index is 12.4. The number of carbonyl (C=O) groups excluding carboxylic acids is 1. The Labute approximate surface area is 126 Å². The third kappa shape index (κ3) is 4.89. The number of hydrogen-bond acceptors (Lipinski definition) is 3. The Morgan fingerprint density at radius 2 is 2.19 bits per heavy atom. The quantitative estimate of drug-likeness (QED) is 0.841. The molecule has 0 saturated carbocycles. The van der Waals surface area contributed by atoms with Gasteiger partial charge in [-0.25, -0.2) is 0 Å². The zero-order valence-corrected chi connectivity index (χ0v) is 13.1. The molecule has 0 heterocycles. The normalized spacial score (nSPS) is 11.5. The predicted octanol–water partition coefficient (Wildman–Crippen LogP) is 1.84. The average molecular weight is 289 g/mol. The van der Waals surface area contributed by atoms with Gasteiger partial charge in [-0.2, -0.15) is 0 Å². The molecule has 114 valence electrons. The molecular formula is C17H23NO3. The van der Waals surface area contributed by atoms with Crippen molar-refractivity contribution >= 4 is 5.91 Å². The first-order chi connectivity index (χ1) is 10.0. The minimum Gasteiger partial charge on any atom is -0.395 e. The highest BCUT2D eigenvalue weighted by atomic mass is 16.5.